The molecule has 0 aromatic heterocycles. The molecule has 2 heterocycles. The average molecular weight is 364 g/mol. The minimum Gasteiger partial charge on any atom is -0.481 e. The van der Waals surface area contributed by atoms with Crippen LogP contribution in [0.1, 0.15) is 29.6 Å². The number of rotatable bonds is 4. The Balaban J connectivity index is 1.51. The van der Waals surface area contributed by atoms with Gasteiger partial charge in [-0.2, -0.15) is 0 Å². The van der Waals surface area contributed by atoms with Gasteiger partial charge in [-0.1, -0.05) is 12.5 Å². The molecule has 2 atom stereocenters. The third kappa shape index (κ3) is 2.69. The second-order valence-corrected chi connectivity index (χ2v) is 7.94. The van der Waals surface area contributed by atoms with Gasteiger partial charge in [0.2, 0.25) is 0 Å². The molecule has 2 aliphatic heterocycles. The fourth-order valence-corrected chi connectivity index (χ4v) is 4.65. The van der Waals surface area contributed by atoms with Gasteiger partial charge in [-0.25, -0.2) is 8.78 Å². The second-order valence-electron chi connectivity index (χ2n) is 7.94. The van der Waals surface area contributed by atoms with E-state index < -0.39 is 28.9 Å². The van der Waals surface area contributed by atoms with Gasteiger partial charge in [-0.15, -0.1) is 0 Å². The van der Waals surface area contributed by atoms with Gasteiger partial charge in [0.25, 0.3) is 5.91 Å². The molecule has 0 radical (unpaired) electrons. The molecule has 140 valence electrons. The molecule has 1 aromatic rings. The van der Waals surface area contributed by atoms with Crippen molar-refractivity contribution in [1.29, 1.82) is 0 Å². The van der Waals surface area contributed by atoms with E-state index in [1.807, 2.05) is 0 Å². The molecule has 7 heteroatoms. The Morgan fingerprint density at radius 2 is 1.96 bits per heavy atom. The number of halogens is 2. The molecule has 0 bridgehead atoms. The van der Waals surface area contributed by atoms with Crippen LogP contribution in [0.2, 0.25) is 0 Å². The predicted molar refractivity (Wildman–Crippen MR) is 89.6 cm³/mol. The number of amides is 1. The molecule has 1 N–H and O–H groups in total. The van der Waals surface area contributed by atoms with Crippen LogP contribution in [0.15, 0.2) is 18.2 Å². The summed E-state index contributed by atoms with van der Waals surface area (Å²) in [7, 11) is 0. The van der Waals surface area contributed by atoms with E-state index >= 15 is 0 Å². The number of carbonyl (C=O) groups excluding carboxylic acids is 1. The van der Waals surface area contributed by atoms with Crippen molar-refractivity contribution in [3.05, 3.63) is 35.4 Å². The normalized spacial score (nSPS) is 28.8. The molecule has 5 nitrogen and oxygen atoms in total. The number of hydrogen-bond acceptors (Lipinski definition) is 3. The number of aliphatic carboxylic acids is 1. The van der Waals surface area contributed by atoms with Crippen molar-refractivity contribution in [2.75, 3.05) is 32.7 Å². The molecule has 1 saturated carbocycles. The van der Waals surface area contributed by atoms with E-state index in [-0.39, 0.29) is 24.6 Å². The topological polar surface area (TPSA) is 60.9 Å². The minimum absolute atomic E-state index is 0.0446. The van der Waals surface area contributed by atoms with Crippen molar-refractivity contribution in [3.63, 3.8) is 0 Å². The predicted octanol–water partition coefficient (Wildman–Crippen LogP) is 2.22. The number of nitrogens with zero attached hydrogens (tertiary/aromatic N) is 2. The third-order valence-electron chi connectivity index (χ3n) is 6.32. The molecule has 1 aromatic carbocycles. The zero-order valence-corrected chi connectivity index (χ0v) is 14.5. The van der Waals surface area contributed by atoms with Crippen LogP contribution in [-0.4, -0.2) is 59.5 Å². The number of carboxylic acid groups (broad SMARTS) is 1. The summed E-state index contributed by atoms with van der Waals surface area (Å²) in [4.78, 5) is 28.3. The number of carboxylic acids is 1. The maximum absolute atomic E-state index is 14.0. The summed E-state index contributed by atoms with van der Waals surface area (Å²) in [6.07, 6.45) is 3.64. The number of likely N-dealkylation sites (tertiary alicyclic amines) is 2. The molecule has 3 fully saturated rings. The van der Waals surface area contributed by atoms with Crippen molar-refractivity contribution in [1.82, 2.24) is 9.80 Å². The van der Waals surface area contributed by atoms with E-state index in [1.165, 1.54) is 36.3 Å². The summed E-state index contributed by atoms with van der Waals surface area (Å²) < 4.78 is 27.4. The summed E-state index contributed by atoms with van der Waals surface area (Å²) in [6, 6.07) is 3.49. The van der Waals surface area contributed by atoms with Crippen LogP contribution < -0.4 is 0 Å². The number of hydrogen-bond donors (Lipinski definition) is 1. The number of benzene rings is 1. The molecule has 2 saturated heterocycles. The van der Waals surface area contributed by atoms with Crippen molar-refractivity contribution in [2.45, 2.75) is 19.3 Å². The highest BCUT2D eigenvalue weighted by molar-refractivity contribution is 5.95. The average Bonchev–Trinajstić information content (AvgIpc) is 3.08. The summed E-state index contributed by atoms with van der Waals surface area (Å²) in [5, 5.41) is 9.87. The first-order valence-corrected chi connectivity index (χ1v) is 9.10. The molecule has 0 unspecified atom stereocenters. The smallest absolute Gasteiger partial charge is 0.313 e. The summed E-state index contributed by atoms with van der Waals surface area (Å²) in [5.74, 6) is -3.32. The van der Waals surface area contributed by atoms with E-state index in [1.54, 1.807) is 0 Å². The molecule has 26 heavy (non-hydrogen) atoms. The van der Waals surface area contributed by atoms with Gasteiger partial charge in [-0.05, 0) is 30.9 Å². The first kappa shape index (κ1) is 17.4. The fraction of sp³-hybridized carbons (Fsp3) is 0.579. The quantitative estimate of drug-likeness (QED) is 0.890. The summed E-state index contributed by atoms with van der Waals surface area (Å²) in [6.45, 7) is 2.28. The van der Waals surface area contributed by atoms with E-state index in [2.05, 4.69) is 4.90 Å². The van der Waals surface area contributed by atoms with Crippen LogP contribution in [0, 0.1) is 28.9 Å². The lowest BCUT2D eigenvalue weighted by Crippen LogP contribution is -2.43. The Morgan fingerprint density at radius 3 is 2.58 bits per heavy atom. The van der Waals surface area contributed by atoms with Gasteiger partial charge in [0.1, 0.15) is 5.41 Å². The Kier molecular flexibility index (Phi) is 4.22. The highest BCUT2D eigenvalue weighted by Gasteiger charge is 2.58. The van der Waals surface area contributed by atoms with E-state index in [0.717, 1.165) is 12.6 Å². The van der Waals surface area contributed by atoms with E-state index in [9.17, 15) is 23.5 Å². The lowest BCUT2D eigenvalue weighted by molar-refractivity contribution is -0.148. The van der Waals surface area contributed by atoms with Gasteiger partial charge < -0.3 is 14.9 Å². The van der Waals surface area contributed by atoms with Crippen LogP contribution in [0.4, 0.5) is 8.78 Å². The highest BCUT2D eigenvalue weighted by Crippen LogP contribution is 2.44. The van der Waals surface area contributed by atoms with Crippen LogP contribution in [0.5, 0.6) is 0 Å². The Labute approximate surface area is 150 Å². The SMILES string of the molecule is O=C(c1cccc(F)c1F)N1C[C@H]2CN(CC3CCC3)C[C@@]2(C(=O)O)C1. The number of carbonyl (C=O) groups is 2. The van der Waals surface area contributed by atoms with Gasteiger partial charge in [-0.3, -0.25) is 9.59 Å². The first-order chi connectivity index (χ1) is 12.4. The zero-order chi connectivity index (χ0) is 18.5. The van der Waals surface area contributed by atoms with Crippen LogP contribution in [0.3, 0.4) is 0 Å². The Morgan fingerprint density at radius 1 is 1.19 bits per heavy atom. The minimum atomic E-state index is -1.18. The van der Waals surface area contributed by atoms with Crippen molar-refractivity contribution in [3.8, 4) is 0 Å². The molecular formula is C19H22F2N2O3. The van der Waals surface area contributed by atoms with Crippen molar-refractivity contribution in [2.24, 2.45) is 17.3 Å². The first-order valence-electron chi connectivity index (χ1n) is 9.10. The molecule has 1 aliphatic carbocycles. The van der Waals surface area contributed by atoms with Gasteiger partial charge in [0.15, 0.2) is 11.6 Å². The second kappa shape index (κ2) is 6.30. The van der Waals surface area contributed by atoms with Gasteiger partial charge >= 0.3 is 5.97 Å². The molecule has 1 amide bonds. The Hall–Kier alpha value is -2.02. The summed E-state index contributed by atoms with van der Waals surface area (Å²) >= 11 is 0. The fourth-order valence-electron chi connectivity index (χ4n) is 4.65. The largest absolute Gasteiger partial charge is 0.481 e. The van der Waals surface area contributed by atoms with Crippen LogP contribution in [-0.2, 0) is 4.79 Å². The van der Waals surface area contributed by atoms with Crippen LogP contribution in [0.25, 0.3) is 0 Å². The molecule has 4 rings (SSSR count). The zero-order valence-electron chi connectivity index (χ0n) is 14.5. The lowest BCUT2D eigenvalue weighted by Gasteiger charge is -2.31. The number of fused-ring (bicyclic) bond motifs is 1. The molecule has 0 spiro atoms. The highest BCUT2D eigenvalue weighted by atomic mass is 19.2. The maximum atomic E-state index is 14.0. The third-order valence-corrected chi connectivity index (χ3v) is 6.32. The monoisotopic (exact) mass is 364 g/mol. The van der Waals surface area contributed by atoms with E-state index in [0.29, 0.717) is 19.0 Å². The van der Waals surface area contributed by atoms with Crippen molar-refractivity contribution >= 4 is 11.9 Å². The lowest BCUT2D eigenvalue weighted by atomic mass is 9.81. The van der Waals surface area contributed by atoms with Crippen molar-refractivity contribution < 1.29 is 23.5 Å². The van der Waals surface area contributed by atoms with Gasteiger partial charge in [0, 0.05) is 38.6 Å². The molecule has 3 aliphatic rings. The summed E-state index contributed by atoms with van der Waals surface area (Å²) in [5.41, 5.74) is -1.35. The Bertz CT molecular complexity index is 752. The van der Waals surface area contributed by atoms with E-state index in [4.69, 9.17) is 0 Å². The molecular weight excluding hydrogens is 342 g/mol. The standard InChI is InChI=1S/C19H22F2N2O3/c20-15-6-2-5-14(16(15)21)17(24)23-9-13-8-22(7-12-3-1-4-12)10-19(13,11-23)18(25)26/h2,5-6,12-13H,1,3-4,7-11H2,(H,25,26)/t13-,19-/m1/s1. The maximum Gasteiger partial charge on any atom is 0.313 e. The van der Waals surface area contributed by atoms with Gasteiger partial charge in [0.05, 0.1) is 5.56 Å². The van der Waals surface area contributed by atoms with Crippen LogP contribution >= 0.6 is 0 Å².